The van der Waals surface area contributed by atoms with Crippen LogP contribution in [0.2, 0.25) is 0 Å². The molecule has 6 heteroatoms. The second-order valence-electron chi connectivity index (χ2n) is 5.35. The molecule has 4 nitrogen and oxygen atoms in total. The largest absolute Gasteiger partial charge is 0.246 e. The Kier molecular flexibility index (Phi) is 3.87. The SMILES string of the molecule is CC(Br)c1cn(Cc2csc(C(C)(C)C)n2)nn1. The second kappa shape index (κ2) is 5.09. The minimum atomic E-state index is 0.112. The summed E-state index contributed by atoms with van der Waals surface area (Å²) in [6.07, 6.45) is 1.95. The third-order valence-corrected chi connectivity index (χ3v) is 4.27. The maximum absolute atomic E-state index is 4.65. The van der Waals surface area contributed by atoms with E-state index < -0.39 is 0 Å². The van der Waals surface area contributed by atoms with E-state index in [1.807, 2.05) is 17.8 Å². The second-order valence-corrected chi connectivity index (χ2v) is 7.58. The molecule has 0 aliphatic heterocycles. The minimum Gasteiger partial charge on any atom is -0.246 e. The molecule has 98 valence electrons. The van der Waals surface area contributed by atoms with Gasteiger partial charge in [0.2, 0.25) is 0 Å². The summed E-state index contributed by atoms with van der Waals surface area (Å²) in [5.74, 6) is 0. The van der Waals surface area contributed by atoms with Crippen LogP contribution in [0.1, 0.15) is 48.9 Å². The van der Waals surface area contributed by atoms with E-state index in [1.165, 1.54) is 0 Å². The van der Waals surface area contributed by atoms with Crippen LogP contribution in [0, 0.1) is 0 Å². The van der Waals surface area contributed by atoms with Crippen LogP contribution >= 0.6 is 27.3 Å². The predicted octanol–water partition coefficient (Wildman–Crippen LogP) is 3.54. The zero-order valence-corrected chi connectivity index (χ0v) is 13.4. The average molecular weight is 329 g/mol. The van der Waals surface area contributed by atoms with Gasteiger partial charge in [0.05, 0.1) is 34.0 Å². The maximum atomic E-state index is 4.65. The van der Waals surface area contributed by atoms with E-state index in [1.54, 1.807) is 11.3 Å². The Morgan fingerprint density at radius 3 is 2.67 bits per heavy atom. The van der Waals surface area contributed by atoms with Crippen molar-refractivity contribution in [1.82, 2.24) is 20.0 Å². The van der Waals surface area contributed by atoms with Gasteiger partial charge in [0.25, 0.3) is 0 Å². The van der Waals surface area contributed by atoms with E-state index >= 15 is 0 Å². The van der Waals surface area contributed by atoms with Crippen molar-refractivity contribution in [3.05, 3.63) is 28.0 Å². The molecule has 2 rings (SSSR count). The summed E-state index contributed by atoms with van der Waals surface area (Å²) < 4.78 is 1.83. The van der Waals surface area contributed by atoms with Crippen molar-refractivity contribution >= 4 is 27.3 Å². The molecule has 0 saturated heterocycles. The molecule has 0 fully saturated rings. The van der Waals surface area contributed by atoms with E-state index in [2.05, 4.69) is 57.4 Å². The van der Waals surface area contributed by atoms with Crippen molar-refractivity contribution in [2.75, 3.05) is 0 Å². The van der Waals surface area contributed by atoms with Crippen LogP contribution in [-0.2, 0) is 12.0 Å². The van der Waals surface area contributed by atoms with Crippen LogP contribution in [0.4, 0.5) is 0 Å². The van der Waals surface area contributed by atoms with Crippen molar-refractivity contribution < 1.29 is 0 Å². The van der Waals surface area contributed by atoms with E-state index in [9.17, 15) is 0 Å². The average Bonchev–Trinajstić information content (AvgIpc) is 2.85. The quantitative estimate of drug-likeness (QED) is 0.809. The fraction of sp³-hybridized carbons (Fsp3) is 0.583. The van der Waals surface area contributed by atoms with E-state index in [4.69, 9.17) is 0 Å². The van der Waals surface area contributed by atoms with Gasteiger partial charge >= 0.3 is 0 Å². The van der Waals surface area contributed by atoms with Crippen molar-refractivity contribution in [1.29, 1.82) is 0 Å². The number of rotatable bonds is 3. The van der Waals surface area contributed by atoms with Gasteiger partial charge in [0.15, 0.2) is 0 Å². The first kappa shape index (κ1) is 13.7. The van der Waals surface area contributed by atoms with Gasteiger partial charge in [-0.2, -0.15) is 0 Å². The highest BCUT2D eigenvalue weighted by Gasteiger charge is 2.18. The number of aromatic nitrogens is 4. The number of alkyl halides is 1. The maximum Gasteiger partial charge on any atom is 0.0982 e. The van der Waals surface area contributed by atoms with E-state index in [0.29, 0.717) is 6.54 Å². The lowest BCUT2D eigenvalue weighted by atomic mass is 9.98. The van der Waals surface area contributed by atoms with Crippen molar-refractivity contribution in [3.8, 4) is 0 Å². The first-order valence-corrected chi connectivity index (χ1v) is 7.65. The van der Waals surface area contributed by atoms with Gasteiger partial charge in [-0.1, -0.05) is 41.9 Å². The molecule has 2 heterocycles. The summed E-state index contributed by atoms with van der Waals surface area (Å²) in [6, 6.07) is 0. The number of hydrogen-bond acceptors (Lipinski definition) is 4. The molecule has 18 heavy (non-hydrogen) atoms. The molecular formula is C12H17BrN4S. The van der Waals surface area contributed by atoms with Crippen LogP contribution in [0.25, 0.3) is 0 Å². The summed E-state index contributed by atoms with van der Waals surface area (Å²) in [5.41, 5.74) is 2.10. The number of hydrogen-bond donors (Lipinski definition) is 0. The molecule has 0 N–H and O–H groups in total. The summed E-state index contributed by atoms with van der Waals surface area (Å²) in [5, 5.41) is 11.5. The molecule has 1 unspecified atom stereocenters. The predicted molar refractivity (Wildman–Crippen MR) is 77.3 cm³/mol. The highest BCUT2D eigenvalue weighted by Crippen LogP contribution is 2.26. The molecule has 0 saturated carbocycles. The Morgan fingerprint density at radius 1 is 1.44 bits per heavy atom. The van der Waals surface area contributed by atoms with Gasteiger partial charge in [-0.05, 0) is 6.92 Å². The lowest BCUT2D eigenvalue weighted by Gasteiger charge is -2.13. The molecule has 0 spiro atoms. The monoisotopic (exact) mass is 328 g/mol. The summed E-state index contributed by atoms with van der Waals surface area (Å²) >= 11 is 5.19. The zero-order chi connectivity index (χ0) is 13.3. The molecule has 0 amide bonds. The fourth-order valence-electron chi connectivity index (χ4n) is 1.46. The van der Waals surface area contributed by atoms with Gasteiger partial charge in [-0.3, -0.25) is 0 Å². The first-order valence-electron chi connectivity index (χ1n) is 5.85. The Labute approximate surface area is 120 Å². The molecule has 1 atom stereocenters. The van der Waals surface area contributed by atoms with Gasteiger partial charge in [0, 0.05) is 10.8 Å². The van der Waals surface area contributed by atoms with Gasteiger partial charge in [-0.15, -0.1) is 16.4 Å². The molecule has 0 aromatic carbocycles. The Balaban J connectivity index is 2.11. The molecule has 2 aromatic heterocycles. The minimum absolute atomic E-state index is 0.112. The van der Waals surface area contributed by atoms with Gasteiger partial charge in [0.1, 0.15) is 0 Å². The van der Waals surface area contributed by atoms with Crippen molar-refractivity contribution in [3.63, 3.8) is 0 Å². The third-order valence-electron chi connectivity index (χ3n) is 2.48. The molecule has 0 aliphatic carbocycles. The fourth-order valence-corrected chi connectivity index (χ4v) is 2.57. The Bertz CT molecular complexity index is 524. The topological polar surface area (TPSA) is 43.6 Å². The third kappa shape index (κ3) is 3.17. The lowest BCUT2D eigenvalue weighted by molar-refractivity contribution is 0.577. The van der Waals surface area contributed by atoms with Crippen LogP contribution in [0.15, 0.2) is 11.6 Å². The van der Waals surface area contributed by atoms with Gasteiger partial charge in [-0.25, -0.2) is 9.67 Å². The van der Waals surface area contributed by atoms with Crippen molar-refractivity contribution in [2.45, 2.75) is 44.5 Å². The standard InChI is InChI=1S/C12H17BrN4S/c1-8(13)10-6-17(16-15-10)5-9-7-18-11(14-9)12(2,3)4/h6-8H,5H2,1-4H3. The van der Waals surface area contributed by atoms with Crippen molar-refractivity contribution in [2.24, 2.45) is 0 Å². The molecular weight excluding hydrogens is 312 g/mol. The normalized spacial score (nSPS) is 13.8. The highest BCUT2D eigenvalue weighted by atomic mass is 79.9. The molecule has 0 aliphatic rings. The first-order chi connectivity index (χ1) is 8.36. The number of halogens is 1. The smallest absolute Gasteiger partial charge is 0.0982 e. The highest BCUT2D eigenvalue weighted by molar-refractivity contribution is 9.09. The Morgan fingerprint density at radius 2 is 2.17 bits per heavy atom. The summed E-state index contributed by atoms with van der Waals surface area (Å²) in [6.45, 7) is 9.25. The number of thiazole rings is 1. The molecule has 2 aromatic rings. The Hall–Kier alpha value is -0.750. The molecule has 0 bridgehead atoms. The van der Waals surface area contributed by atoms with Crippen LogP contribution in [0.5, 0.6) is 0 Å². The summed E-state index contributed by atoms with van der Waals surface area (Å²) in [4.78, 5) is 4.88. The summed E-state index contributed by atoms with van der Waals surface area (Å²) in [7, 11) is 0. The van der Waals surface area contributed by atoms with Gasteiger partial charge < -0.3 is 0 Å². The molecule has 0 radical (unpaired) electrons. The van der Waals surface area contributed by atoms with E-state index in [-0.39, 0.29) is 10.2 Å². The zero-order valence-electron chi connectivity index (χ0n) is 11.0. The van der Waals surface area contributed by atoms with Crippen LogP contribution < -0.4 is 0 Å². The lowest BCUT2D eigenvalue weighted by Crippen LogP contribution is -2.11. The van der Waals surface area contributed by atoms with E-state index in [0.717, 1.165) is 16.4 Å². The number of nitrogens with zero attached hydrogens (tertiary/aromatic N) is 4. The van der Waals surface area contributed by atoms with Crippen LogP contribution in [0.3, 0.4) is 0 Å². The van der Waals surface area contributed by atoms with Crippen LogP contribution in [-0.4, -0.2) is 20.0 Å².